The molecule has 6 heteroatoms. The molecule has 1 aromatic heterocycles. The third-order valence-electron chi connectivity index (χ3n) is 1.70. The summed E-state index contributed by atoms with van der Waals surface area (Å²) in [6.45, 7) is 2.79. The number of aliphatic hydroxyl groups is 1. The third-order valence-corrected chi connectivity index (χ3v) is 1.70. The predicted octanol–water partition coefficient (Wildman–Crippen LogP) is 2.65. The molecule has 0 aromatic carbocycles. The first-order chi connectivity index (χ1) is 7.76. The van der Waals surface area contributed by atoms with E-state index in [2.05, 4.69) is 9.98 Å². The minimum atomic E-state index is -0.368. The Kier molecular flexibility index (Phi) is 11.4. The number of pyridine rings is 1. The molecule has 0 aliphatic carbocycles. The van der Waals surface area contributed by atoms with Crippen LogP contribution in [-0.2, 0) is 14.4 Å². The number of aromatic nitrogens is 1. The van der Waals surface area contributed by atoms with Gasteiger partial charge in [0.15, 0.2) is 0 Å². The van der Waals surface area contributed by atoms with Gasteiger partial charge in [-0.05, 0) is 25.5 Å². The third kappa shape index (κ3) is 8.14. The molecule has 0 aliphatic heterocycles. The molecule has 1 heterocycles. The number of nitrogens with zero attached hydrogens (tertiary/aromatic N) is 2. The summed E-state index contributed by atoms with van der Waals surface area (Å²) in [6, 6.07) is 5.75. The van der Waals surface area contributed by atoms with Gasteiger partial charge in [-0.15, -0.1) is 0 Å². The molecule has 0 aliphatic rings. The van der Waals surface area contributed by atoms with Crippen molar-refractivity contribution in [2.75, 3.05) is 13.2 Å². The molecule has 1 rings (SSSR count). The predicted molar refractivity (Wildman–Crippen MR) is 64.7 cm³/mol. The van der Waals surface area contributed by atoms with Gasteiger partial charge in [0, 0.05) is 19.3 Å². The van der Waals surface area contributed by atoms with Gasteiger partial charge in [-0.3, -0.25) is 9.98 Å². The summed E-state index contributed by atoms with van der Waals surface area (Å²) in [6.07, 6.45) is 2.46. The van der Waals surface area contributed by atoms with Crippen molar-refractivity contribution in [1.82, 2.24) is 4.98 Å². The second-order valence-corrected chi connectivity index (χ2v) is 5.13. The van der Waals surface area contributed by atoms with Crippen LogP contribution in [0.2, 0.25) is 0 Å². The van der Waals surface area contributed by atoms with Crippen molar-refractivity contribution in [3.63, 3.8) is 0 Å². The molecule has 0 spiro atoms. The van der Waals surface area contributed by atoms with E-state index < -0.39 is 0 Å². The Morgan fingerprint density at radius 1 is 1.50 bits per heavy atom. The van der Waals surface area contributed by atoms with Crippen molar-refractivity contribution >= 4 is 25.4 Å². The quantitative estimate of drug-likeness (QED) is 0.686. The van der Waals surface area contributed by atoms with Gasteiger partial charge >= 0.3 is 34.1 Å². The Hall–Kier alpha value is -0.0556. The van der Waals surface area contributed by atoms with Gasteiger partial charge in [-0.2, -0.15) is 0 Å². The van der Waals surface area contributed by atoms with Crippen LogP contribution < -0.4 is 0 Å². The van der Waals surface area contributed by atoms with Gasteiger partial charge in [0.1, 0.15) is 0 Å². The monoisotopic (exact) mass is 299 g/mol. The molecule has 1 N–H and O–H groups in total. The number of rotatable bonds is 4. The first kappa shape index (κ1) is 15.9. The van der Waals surface area contributed by atoms with Gasteiger partial charge in [-0.1, -0.05) is 6.07 Å². The number of aliphatic imine (C=N–C) groups is 1. The Morgan fingerprint density at radius 2 is 2.19 bits per heavy atom. The number of halogens is 2. The first-order valence-electron chi connectivity index (χ1n) is 4.71. The van der Waals surface area contributed by atoms with E-state index >= 15 is 0 Å². The van der Waals surface area contributed by atoms with Crippen LogP contribution in [0.25, 0.3) is 0 Å². The van der Waals surface area contributed by atoms with E-state index in [0.717, 1.165) is 11.4 Å². The van der Waals surface area contributed by atoms with E-state index in [1.807, 2.05) is 25.1 Å². The average molecular weight is 300 g/mol. The first-order valence-corrected chi connectivity index (χ1v) is 8.56. The Bertz CT molecular complexity index is 296. The van der Waals surface area contributed by atoms with Crippen LogP contribution in [0, 0.1) is 0 Å². The number of hydrogen-bond acceptors (Lipinski definition) is 3. The number of aliphatic hydroxyl groups excluding tert-OH is 1. The van der Waals surface area contributed by atoms with E-state index in [9.17, 15) is 0 Å². The molecule has 0 saturated heterocycles. The van der Waals surface area contributed by atoms with Gasteiger partial charge in [0.25, 0.3) is 0 Å². The van der Waals surface area contributed by atoms with E-state index in [-0.39, 0.29) is 21.0 Å². The van der Waals surface area contributed by atoms with Crippen molar-refractivity contribution in [2.45, 2.75) is 13.3 Å². The van der Waals surface area contributed by atoms with Crippen LogP contribution in [-0.4, -0.2) is 29.0 Å². The van der Waals surface area contributed by atoms with Crippen LogP contribution >= 0.6 is 19.7 Å². The van der Waals surface area contributed by atoms with Crippen LogP contribution in [0.3, 0.4) is 0 Å². The molecule has 16 heavy (non-hydrogen) atoms. The second kappa shape index (κ2) is 11.4. The van der Waals surface area contributed by atoms with Gasteiger partial charge < -0.3 is 5.11 Å². The zero-order valence-electron chi connectivity index (χ0n) is 8.98. The normalized spacial score (nSPS) is 10.4. The Morgan fingerprint density at radius 3 is 2.69 bits per heavy atom. The Balaban J connectivity index is 0.000000673. The van der Waals surface area contributed by atoms with Crippen molar-refractivity contribution in [1.29, 1.82) is 0 Å². The van der Waals surface area contributed by atoms with Crippen LogP contribution in [0.15, 0.2) is 29.4 Å². The van der Waals surface area contributed by atoms with Crippen molar-refractivity contribution in [3.8, 4) is 0 Å². The van der Waals surface area contributed by atoms with E-state index in [0.29, 0.717) is 13.0 Å². The summed E-state index contributed by atoms with van der Waals surface area (Å²) in [5, 5.41) is 8.56. The zero-order chi connectivity index (χ0) is 12.2. The van der Waals surface area contributed by atoms with Gasteiger partial charge in [0.05, 0.1) is 11.4 Å². The molecule has 0 bridgehead atoms. The molecular formula is C10H14Cl2N2OV. The zero-order valence-corrected chi connectivity index (χ0v) is 11.9. The molecular weight excluding hydrogens is 286 g/mol. The van der Waals surface area contributed by atoms with E-state index in [4.69, 9.17) is 24.8 Å². The topological polar surface area (TPSA) is 45.5 Å². The molecule has 0 atom stereocenters. The summed E-state index contributed by atoms with van der Waals surface area (Å²) < 4.78 is 0. The maximum atomic E-state index is 8.56. The van der Waals surface area contributed by atoms with Crippen LogP contribution in [0.1, 0.15) is 19.0 Å². The fraction of sp³-hybridized carbons (Fsp3) is 0.400. The SMILES string of the molecule is CC(=NCCCO)c1ccccn1.[Cl][V][Cl]. The molecule has 89 valence electrons. The summed E-state index contributed by atoms with van der Waals surface area (Å²) in [5.74, 6) is 0. The molecule has 0 amide bonds. The maximum absolute atomic E-state index is 8.56. The van der Waals surface area contributed by atoms with E-state index in [1.54, 1.807) is 6.20 Å². The summed E-state index contributed by atoms with van der Waals surface area (Å²) in [7, 11) is 9.72. The molecule has 0 saturated carbocycles. The van der Waals surface area contributed by atoms with Crippen LogP contribution in [0.4, 0.5) is 0 Å². The second-order valence-electron chi connectivity index (χ2n) is 2.82. The molecule has 3 nitrogen and oxygen atoms in total. The van der Waals surface area contributed by atoms with Crippen molar-refractivity contribution < 1.29 is 19.5 Å². The number of hydrogen-bond donors (Lipinski definition) is 1. The van der Waals surface area contributed by atoms with Crippen molar-refractivity contribution in [3.05, 3.63) is 30.1 Å². The summed E-state index contributed by atoms with van der Waals surface area (Å²) in [5.41, 5.74) is 1.83. The van der Waals surface area contributed by atoms with Gasteiger partial charge in [0.2, 0.25) is 0 Å². The Labute approximate surface area is 111 Å². The summed E-state index contributed by atoms with van der Waals surface area (Å²) in [4.78, 5) is 8.44. The fourth-order valence-electron chi connectivity index (χ4n) is 0.975. The minimum absolute atomic E-state index is 0.193. The fourth-order valence-corrected chi connectivity index (χ4v) is 0.975. The summed E-state index contributed by atoms with van der Waals surface area (Å²) >= 11 is -0.368. The van der Waals surface area contributed by atoms with Crippen LogP contribution in [0.5, 0.6) is 0 Å². The average Bonchev–Trinajstić information content (AvgIpc) is 2.31. The molecule has 0 unspecified atom stereocenters. The molecule has 0 fully saturated rings. The van der Waals surface area contributed by atoms with E-state index in [1.165, 1.54) is 0 Å². The molecule has 1 aromatic rings. The molecule has 0 radical (unpaired) electrons. The van der Waals surface area contributed by atoms with Gasteiger partial charge in [-0.25, -0.2) is 0 Å². The van der Waals surface area contributed by atoms with Crippen molar-refractivity contribution in [2.24, 2.45) is 4.99 Å². The standard InChI is InChI=1S/C10H14N2O.2ClH.V/c1-9(11-7-4-8-13)10-5-2-3-6-12-10;;;/h2-3,5-6,13H,4,7-8H2,1H3;2*1H;/q;;;+2/p-2.